The molecule has 2 aliphatic heterocycles. The SMILES string of the molecule is CN(C)S(=O)(=O)c1cccc(C(=O)N2CCC[C@@H]2c2ccc3c(c2)OCCO3)c1. The molecular formula is C21H24N2O5S. The van der Waals surface area contributed by atoms with Gasteiger partial charge in [-0.3, -0.25) is 4.79 Å². The van der Waals surface area contributed by atoms with Gasteiger partial charge in [0, 0.05) is 26.2 Å². The van der Waals surface area contributed by atoms with Crippen molar-refractivity contribution in [3.05, 3.63) is 53.6 Å². The largest absolute Gasteiger partial charge is 0.486 e. The Hall–Kier alpha value is -2.58. The summed E-state index contributed by atoms with van der Waals surface area (Å²) in [5.41, 5.74) is 1.37. The number of carbonyl (C=O) groups is 1. The number of nitrogens with zero attached hydrogens (tertiary/aromatic N) is 2. The van der Waals surface area contributed by atoms with E-state index in [1.165, 1.54) is 26.2 Å². The molecular weight excluding hydrogens is 392 g/mol. The van der Waals surface area contributed by atoms with Crippen molar-refractivity contribution in [2.75, 3.05) is 33.9 Å². The van der Waals surface area contributed by atoms with E-state index in [-0.39, 0.29) is 16.8 Å². The first kappa shape index (κ1) is 19.7. The molecule has 0 radical (unpaired) electrons. The van der Waals surface area contributed by atoms with Crippen LogP contribution < -0.4 is 9.47 Å². The Balaban J connectivity index is 1.62. The normalized spacial score (nSPS) is 18.9. The molecule has 29 heavy (non-hydrogen) atoms. The molecule has 0 spiro atoms. The standard InChI is InChI=1S/C21H24N2O5S/c1-22(2)29(25,26)17-6-3-5-16(13-17)21(24)23-10-4-7-18(23)15-8-9-19-20(14-15)28-12-11-27-19/h3,5-6,8-9,13-14,18H,4,7,10-12H2,1-2H3/t18-/m1/s1. The minimum absolute atomic E-state index is 0.0764. The first-order chi connectivity index (χ1) is 13.9. The molecule has 1 amide bonds. The average Bonchev–Trinajstić information content (AvgIpc) is 3.22. The Kier molecular flexibility index (Phi) is 5.23. The molecule has 0 N–H and O–H groups in total. The van der Waals surface area contributed by atoms with E-state index in [0.29, 0.717) is 31.1 Å². The van der Waals surface area contributed by atoms with Crippen LogP contribution in [0.4, 0.5) is 0 Å². The zero-order valence-electron chi connectivity index (χ0n) is 16.5. The number of carbonyl (C=O) groups excluding carboxylic acids is 1. The highest BCUT2D eigenvalue weighted by Gasteiger charge is 2.32. The molecule has 0 aliphatic carbocycles. The number of likely N-dealkylation sites (tertiary alicyclic amines) is 1. The highest BCUT2D eigenvalue weighted by atomic mass is 32.2. The lowest BCUT2D eigenvalue weighted by Gasteiger charge is -2.27. The zero-order chi connectivity index (χ0) is 20.6. The van der Waals surface area contributed by atoms with Crippen molar-refractivity contribution in [3.63, 3.8) is 0 Å². The fraction of sp³-hybridized carbons (Fsp3) is 0.381. The van der Waals surface area contributed by atoms with E-state index in [4.69, 9.17) is 9.47 Å². The predicted molar refractivity (Wildman–Crippen MR) is 108 cm³/mol. The molecule has 1 fully saturated rings. The quantitative estimate of drug-likeness (QED) is 0.766. The highest BCUT2D eigenvalue weighted by molar-refractivity contribution is 7.89. The van der Waals surface area contributed by atoms with Gasteiger partial charge < -0.3 is 14.4 Å². The van der Waals surface area contributed by atoms with Gasteiger partial charge in [-0.05, 0) is 48.7 Å². The van der Waals surface area contributed by atoms with Gasteiger partial charge in [0.05, 0.1) is 10.9 Å². The molecule has 8 heteroatoms. The number of amides is 1. The Labute approximate surface area is 170 Å². The van der Waals surface area contributed by atoms with Crippen molar-refractivity contribution in [1.82, 2.24) is 9.21 Å². The molecule has 0 unspecified atom stereocenters. The van der Waals surface area contributed by atoms with Gasteiger partial charge in [0.15, 0.2) is 11.5 Å². The molecule has 7 nitrogen and oxygen atoms in total. The van der Waals surface area contributed by atoms with Crippen LogP contribution in [0.15, 0.2) is 47.4 Å². The van der Waals surface area contributed by atoms with Crippen LogP contribution in [-0.4, -0.2) is 57.4 Å². The first-order valence-electron chi connectivity index (χ1n) is 9.61. The van der Waals surface area contributed by atoms with Crippen molar-refractivity contribution in [3.8, 4) is 11.5 Å². The van der Waals surface area contributed by atoms with E-state index in [9.17, 15) is 13.2 Å². The van der Waals surface area contributed by atoms with Crippen molar-refractivity contribution in [2.45, 2.75) is 23.8 Å². The summed E-state index contributed by atoms with van der Waals surface area (Å²) >= 11 is 0. The van der Waals surface area contributed by atoms with Crippen LogP contribution in [0.1, 0.15) is 34.8 Å². The lowest BCUT2D eigenvalue weighted by molar-refractivity contribution is 0.0735. The van der Waals surface area contributed by atoms with Gasteiger partial charge >= 0.3 is 0 Å². The first-order valence-corrected chi connectivity index (χ1v) is 11.0. The summed E-state index contributed by atoms with van der Waals surface area (Å²) in [6.07, 6.45) is 1.74. The van der Waals surface area contributed by atoms with Crippen LogP contribution in [0.5, 0.6) is 11.5 Å². The second kappa shape index (κ2) is 7.68. The number of ether oxygens (including phenoxy) is 2. The van der Waals surface area contributed by atoms with Gasteiger partial charge in [-0.1, -0.05) is 12.1 Å². The molecule has 2 aliphatic rings. The molecule has 0 aromatic heterocycles. The van der Waals surface area contributed by atoms with Gasteiger partial charge in [0.1, 0.15) is 13.2 Å². The lowest BCUT2D eigenvalue weighted by Crippen LogP contribution is -2.31. The van der Waals surface area contributed by atoms with Crippen molar-refractivity contribution < 1.29 is 22.7 Å². The third kappa shape index (κ3) is 3.70. The Morgan fingerprint density at radius 3 is 2.59 bits per heavy atom. The highest BCUT2D eigenvalue weighted by Crippen LogP contribution is 2.38. The molecule has 0 saturated carbocycles. The van der Waals surface area contributed by atoms with Gasteiger partial charge in [-0.15, -0.1) is 0 Å². The summed E-state index contributed by atoms with van der Waals surface area (Å²) in [6.45, 7) is 1.67. The number of hydrogen-bond acceptors (Lipinski definition) is 5. The third-order valence-electron chi connectivity index (χ3n) is 5.32. The van der Waals surface area contributed by atoms with Crippen LogP contribution >= 0.6 is 0 Å². The van der Waals surface area contributed by atoms with E-state index in [0.717, 1.165) is 28.5 Å². The second-order valence-electron chi connectivity index (χ2n) is 7.37. The van der Waals surface area contributed by atoms with Crippen molar-refractivity contribution >= 4 is 15.9 Å². The summed E-state index contributed by atoms with van der Waals surface area (Å²) in [6, 6.07) is 12.0. The summed E-state index contributed by atoms with van der Waals surface area (Å²) < 4.78 is 37.3. The molecule has 154 valence electrons. The van der Waals surface area contributed by atoms with E-state index in [2.05, 4.69) is 0 Å². The number of fused-ring (bicyclic) bond motifs is 1. The Morgan fingerprint density at radius 2 is 1.83 bits per heavy atom. The van der Waals surface area contributed by atoms with Gasteiger partial charge in [-0.25, -0.2) is 12.7 Å². The summed E-state index contributed by atoms with van der Waals surface area (Å²) in [7, 11) is -0.651. The van der Waals surface area contributed by atoms with Crippen LogP contribution in [0.2, 0.25) is 0 Å². The van der Waals surface area contributed by atoms with Crippen LogP contribution in [-0.2, 0) is 10.0 Å². The van der Waals surface area contributed by atoms with Crippen LogP contribution in [0, 0.1) is 0 Å². The van der Waals surface area contributed by atoms with E-state index >= 15 is 0 Å². The fourth-order valence-corrected chi connectivity index (χ4v) is 4.74. The third-order valence-corrected chi connectivity index (χ3v) is 7.14. The molecule has 4 rings (SSSR count). The summed E-state index contributed by atoms with van der Waals surface area (Å²) in [4.78, 5) is 15.2. The average molecular weight is 416 g/mol. The second-order valence-corrected chi connectivity index (χ2v) is 9.53. The molecule has 0 bridgehead atoms. The maximum Gasteiger partial charge on any atom is 0.254 e. The van der Waals surface area contributed by atoms with Gasteiger partial charge in [-0.2, -0.15) is 0 Å². The van der Waals surface area contributed by atoms with Crippen LogP contribution in [0.25, 0.3) is 0 Å². The van der Waals surface area contributed by atoms with Gasteiger partial charge in [0.25, 0.3) is 5.91 Å². The molecule has 2 aromatic carbocycles. The maximum absolute atomic E-state index is 13.2. The summed E-state index contributed by atoms with van der Waals surface area (Å²) in [5, 5.41) is 0. The van der Waals surface area contributed by atoms with E-state index in [1.54, 1.807) is 12.1 Å². The predicted octanol–water partition coefficient (Wildman–Crippen LogP) is 2.69. The minimum atomic E-state index is -3.60. The Morgan fingerprint density at radius 1 is 1.07 bits per heavy atom. The van der Waals surface area contributed by atoms with Crippen LogP contribution in [0.3, 0.4) is 0 Å². The number of benzene rings is 2. The summed E-state index contributed by atoms with van der Waals surface area (Å²) in [5.74, 6) is 1.25. The minimum Gasteiger partial charge on any atom is -0.486 e. The maximum atomic E-state index is 13.2. The number of hydrogen-bond donors (Lipinski definition) is 0. The zero-order valence-corrected chi connectivity index (χ0v) is 17.3. The topological polar surface area (TPSA) is 76.2 Å². The molecule has 2 aromatic rings. The van der Waals surface area contributed by atoms with Crippen molar-refractivity contribution in [2.24, 2.45) is 0 Å². The van der Waals surface area contributed by atoms with Gasteiger partial charge in [0.2, 0.25) is 10.0 Å². The number of sulfonamides is 1. The Bertz CT molecular complexity index is 1040. The molecule has 1 atom stereocenters. The van der Waals surface area contributed by atoms with E-state index in [1.807, 2.05) is 23.1 Å². The monoisotopic (exact) mass is 416 g/mol. The van der Waals surface area contributed by atoms with Crippen molar-refractivity contribution in [1.29, 1.82) is 0 Å². The van der Waals surface area contributed by atoms with E-state index < -0.39 is 10.0 Å². The fourth-order valence-electron chi connectivity index (χ4n) is 3.79. The lowest BCUT2D eigenvalue weighted by atomic mass is 10.0. The smallest absolute Gasteiger partial charge is 0.254 e. The molecule has 2 heterocycles. The number of rotatable bonds is 4. The molecule has 1 saturated heterocycles.